The molecule has 2 heterocycles. The highest BCUT2D eigenvalue weighted by Gasteiger charge is 2.02. The Bertz CT molecular complexity index is 891. The maximum atomic E-state index is 12.9. The van der Waals surface area contributed by atoms with Gasteiger partial charge in [0.15, 0.2) is 5.96 Å². The SMILES string of the molecule is I.NC(=NCc1ccnc(Oc2ccc(F)cc2)c1)NCCc1ccccn1. The summed E-state index contributed by atoms with van der Waals surface area (Å²) >= 11 is 0. The highest BCUT2D eigenvalue weighted by molar-refractivity contribution is 14.0. The minimum absolute atomic E-state index is 0. The van der Waals surface area contributed by atoms with Gasteiger partial charge in [0.05, 0.1) is 6.54 Å². The number of aromatic nitrogens is 2. The first-order valence-corrected chi connectivity index (χ1v) is 8.51. The van der Waals surface area contributed by atoms with Gasteiger partial charge in [0, 0.05) is 37.1 Å². The van der Waals surface area contributed by atoms with Gasteiger partial charge in [-0.25, -0.2) is 14.4 Å². The van der Waals surface area contributed by atoms with Gasteiger partial charge in [0.2, 0.25) is 5.88 Å². The molecule has 0 saturated carbocycles. The fourth-order valence-electron chi connectivity index (χ4n) is 2.33. The van der Waals surface area contributed by atoms with E-state index in [4.69, 9.17) is 10.5 Å². The van der Waals surface area contributed by atoms with Crippen molar-refractivity contribution >= 4 is 29.9 Å². The Hall–Kier alpha value is -2.75. The molecular formula is C20H21FIN5O. The molecule has 0 aliphatic rings. The smallest absolute Gasteiger partial charge is 0.219 e. The van der Waals surface area contributed by atoms with E-state index in [9.17, 15) is 4.39 Å². The zero-order valence-electron chi connectivity index (χ0n) is 15.1. The second-order valence-corrected chi connectivity index (χ2v) is 5.76. The second-order valence-electron chi connectivity index (χ2n) is 5.76. The molecule has 6 nitrogen and oxygen atoms in total. The van der Waals surface area contributed by atoms with E-state index in [1.54, 1.807) is 30.6 Å². The Balaban J connectivity index is 0.00000280. The Morgan fingerprint density at radius 3 is 2.64 bits per heavy atom. The topological polar surface area (TPSA) is 85.4 Å². The Labute approximate surface area is 180 Å². The number of hydrogen-bond acceptors (Lipinski definition) is 4. The molecule has 0 saturated heterocycles. The molecule has 0 unspecified atom stereocenters. The molecule has 2 aromatic heterocycles. The van der Waals surface area contributed by atoms with E-state index < -0.39 is 0 Å². The lowest BCUT2D eigenvalue weighted by atomic mass is 10.2. The third kappa shape index (κ3) is 7.10. The quantitative estimate of drug-likeness (QED) is 0.298. The van der Waals surface area contributed by atoms with E-state index >= 15 is 0 Å². The molecule has 28 heavy (non-hydrogen) atoms. The summed E-state index contributed by atoms with van der Waals surface area (Å²) in [5.74, 6) is 0.976. The second kappa shape index (κ2) is 11.2. The summed E-state index contributed by atoms with van der Waals surface area (Å²) in [6.07, 6.45) is 4.16. The minimum Gasteiger partial charge on any atom is -0.439 e. The van der Waals surface area contributed by atoms with Crippen molar-refractivity contribution in [2.24, 2.45) is 10.7 Å². The van der Waals surface area contributed by atoms with E-state index in [1.165, 1.54) is 12.1 Å². The van der Waals surface area contributed by atoms with Crippen LogP contribution in [0.3, 0.4) is 0 Å². The number of benzene rings is 1. The van der Waals surface area contributed by atoms with Crippen LogP contribution in [-0.2, 0) is 13.0 Å². The third-order valence-electron chi connectivity index (χ3n) is 3.68. The van der Waals surface area contributed by atoms with Crippen LogP contribution in [0.25, 0.3) is 0 Å². The summed E-state index contributed by atoms with van der Waals surface area (Å²) in [5.41, 5.74) is 7.79. The third-order valence-corrected chi connectivity index (χ3v) is 3.68. The number of halogens is 2. The fourth-order valence-corrected chi connectivity index (χ4v) is 2.33. The molecule has 0 fully saturated rings. The minimum atomic E-state index is -0.315. The van der Waals surface area contributed by atoms with Crippen LogP contribution < -0.4 is 15.8 Å². The van der Waals surface area contributed by atoms with Gasteiger partial charge in [-0.3, -0.25) is 4.98 Å². The first-order chi connectivity index (χ1) is 13.2. The van der Waals surface area contributed by atoms with Crippen molar-refractivity contribution in [2.75, 3.05) is 6.54 Å². The van der Waals surface area contributed by atoms with Crippen molar-refractivity contribution < 1.29 is 9.13 Å². The molecular weight excluding hydrogens is 472 g/mol. The molecule has 8 heteroatoms. The Kier molecular flexibility index (Phi) is 8.60. The molecule has 0 amide bonds. The maximum absolute atomic E-state index is 12.9. The molecule has 3 rings (SSSR count). The van der Waals surface area contributed by atoms with Crippen LogP contribution >= 0.6 is 24.0 Å². The van der Waals surface area contributed by atoms with Gasteiger partial charge < -0.3 is 15.8 Å². The van der Waals surface area contributed by atoms with Gasteiger partial charge in [-0.2, -0.15) is 0 Å². The van der Waals surface area contributed by atoms with Crippen LogP contribution in [0.15, 0.2) is 72.0 Å². The van der Waals surface area contributed by atoms with Crippen molar-refractivity contribution in [1.29, 1.82) is 0 Å². The standard InChI is InChI=1S/C20H20FN5O.HI/c21-16-4-6-18(7-5-16)27-19-13-15(8-11-24-19)14-26-20(22)25-12-9-17-3-1-2-10-23-17;/h1-8,10-11,13H,9,12,14H2,(H3,22,25,26);1H. The molecule has 3 aromatic rings. The van der Waals surface area contributed by atoms with Crippen LogP contribution in [0.5, 0.6) is 11.6 Å². The van der Waals surface area contributed by atoms with E-state index in [-0.39, 0.29) is 29.8 Å². The molecule has 3 N–H and O–H groups in total. The van der Waals surface area contributed by atoms with Crippen LogP contribution in [0, 0.1) is 5.82 Å². The average Bonchev–Trinajstić information content (AvgIpc) is 2.69. The lowest BCUT2D eigenvalue weighted by Crippen LogP contribution is -2.33. The Morgan fingerprint density at radius 2 is 1.89 bits per heavy atom. The summed E-state index contributed by atoms with van der Waals surface area (Å²) in [4.78, 5) is 12.7. The van der Waals surface area contributed by atoms with Crippen molar-refractivity contribution in [3.63, 3.8) is 0 Å². The zero-order valence-corrected chi connectivity index (χ0v) is 17.4. The highest BCUT2D eigenvalue weighted by atomic mass is 127. The number of nitrogens with one attached hydrogen (secondary N) is 1. The van der Waals surface area contributed by atoms with E-state index in [0.29, 0.717) is 30.7 Å². The van der Waals surface area contributed by atoms with Gasteiger partial charge in [-0.1, -0.05) is 6.07 Å². The number of nitrogens with zero attached hydrogens (tertiary/aromatic N) is 3. The maximum Gasteiger partial charge on any atom is 0.219 e. The summed E-state index contributed by atoms with van der Waals surface area (Å²) in [6.45, 7) is 1.05. The van der Waals surface area contributed by atoms with Crippen LogP contribution in [0.4, 0.5) is 4.39 Å². The van der Waals surface area contributed by atoms with Crippen LogP contribution in [-0.4, -0.2) is 22.5 Å². The van der Waals surface area contributed by atoms with Gasteiger partial charge in [0.25, 0.3) is 0 Å². The van der Waals surface area contributed by atoms with Gasteiger partial charge in [-0.15, -0.1) is 24.0 Å². The molecule has 0 radical (unpaired) electrons. The van der Waals surface area contributed by atoms with Crippen molar-refractivity contribution in [1.82, 2.24) is 15.3 Å². The highest BCUT2D eigenvalue weighted by Crippen LogP contribution is 2.20. The summed E-state index contributed by atoms with van der Waals surface area (Å²) in [5, 5.41) is 3.07. The van der Waals surface area contributed by atoms with E-state index in [0.717, 1.165) is 17.7 Å². The predicted octanol–water partition coefficient (Wildman–Crippen LogP) is 3.67. The number of nitrogens with two attached hydrogens (primary N) is 1. The number of aliphatic imine (C=N–C) groups is 1. The molecule has 0 atom stereocenters. The Morgan fingerprint density at radius 1 is 1.07 bits per heavy atom. The van der Waals surface area contributed by atoms with Crippen LogP contribution in [0.1, 0.15) is 11.3 Å². The van der Waals surface area contributed by atoms with Crippen LogP contribution in [0.2, 0.25) is 0 Å². The summed E-state index contributed by atoms with van der Waals surface area (Å²) in [6, 6.07) is 15.2. The van der Waals surface area contributed by atoms with Crippen molar-refractivity contribution in [2.45, 2.75) is 13.0 Å². The number of ether oxygens (including phenoxy) is 1. The number of hydrogen-bond donors (Lipinski definition) is 2. The van der Waals surface area contributed by atoms with Crippen molar-refractivity contribution in [3.8, 4) is 11.6 Å². The summed E-state index contributed by atoms with van der Waals surface area (Å²) in [7, 11) is 0. The predicted molar refractivity (Wildman–Crippen MR) is 117 cm³/mol. The van der Waals surface area contributed by atoms with Gasteiger partial charge >= 0.3 is 0 Å². The van der Waals surface area contributed by atoms with Gasteiger partial charge in [-0.05, 0) is 48.0 Å². The molecule has 0 aliphatic carbocycles. The largest absolute Gasteiger partial charge is 0.439 e. The first-order valence-electron chi connectivity index (χ1n) is 8.51. The molecule has 0 spiro atoms. The number of pyridine rings is 2. The molecule has 1 aromatic carbocycles. The van der Waals surface area contributed by atoms with E-state index in [2.05, 4.69) is 20.3 Å². The molecule has 0 aliphatic heterocycles. The number of guanidine groups is 1. The molecule has 0 bridgehead atoms. The average molecular weight is 493 g/mol. The van der Waals surface area contributed by atoms with Gasteiger partial charge in [0.1, 0.15) is 11.6 Å². The monoisotopic (exact) mass is 493 g/mol. The number of rotatable bonds is 7. The van der Waals surface area contributed by atoms with E-state index in [1.807, 2.05) is 24.3 Å². The molecule has 146 valence electrons. The van der Waals surface area contributed by atoms with Crippen molar-refractivity contribution in [3.05, 3.63) is 84.1 Å². The fraction of sp³-hybridized carbons (Fsp3) is 0.150. The normalized spacial score (nSPS) is 10.8. The first kappa shape index (κ1) is 21.5. The lowest BCUT2D eigenvalue weighted by Gasteiger charge is -2.07. The lowest BCUT2D eigenvalue weighted by molar-refractivity contribution is 0.460. The zero-order chi connectivity index (χ0) is 18.9. The summed E-state index contributed by atoms with van der Waals surface area (Å²) < 4.78 is 18.6.